The molecule has 0 atom stereocenters. The Hall–Kier alpha value is -3.68. The molecule has 1 aliphatic rings. The molecule has 1 aliphatic carbocycles. The molecule has 8 heteroatoms. The van der Waals surface area contributed by atoms with Crippen LogP contribution in [0.1, 0.15) is 53.0 Å². The summed E-state index contributed by atoms with van der Waals surface area (Å²) in [6.07, 6.45) is 5.19. The third kappa shape index (κ3) is 3.72. The molecule has 164 valence electrons. The summed E-state index contributed by atoms with van der Waals surface area (Å²) in [5, 5.41) is 12.9. The lowest BCUT2D eigenvalue weighted by atomic mass is 10.1. The molecule has 0 spiro atoms. The number of carbonyl (C=O) groups excluding carboxylic acids is 1. The summed E-state index contributed by atoms with van der Waals surface area (Å²) in [5.41, 5.74) is 4.88. The van der Waals surface area contributed by atoms with E-state index in [0.29, 0.717) is 29.8 Å². The van der Waals surface area contributed by atoms with E-state index in [2.05, 4.69) is 29.3 Å². The fraction of sp³-hybridized carbons (Fsp3) is 0.333. The van der Waals surface area contributed by atoms with Crippen LogP contribution in [-0.2, 0) is 19.4 Å². The Morgan fingerprint density at radius 1 is 1.16 bits per heavy atom. The average molecular weight is 431 g/mol. The van der Waals surface area contributed by atoms with Gasteiger partial charge in [0.1, 0.15) is 0 Å². The molecule has 1 amide bonds. The highest BCUT2D eigenvalue weighted by molar-refractivity contribution is 5.94. The molecule has 4 aromatic rings. The number of nitrogens with zero attached hydrogens (tertiary/aromatic N) is 5. The van der Waals surface area contributed by atoms with Crippen molar-refractivity contribution in [3.8, 4) is 17.3 Å². The molecule has 0 N–H and O–H groups in total. The highest BCUT2D eigenvalue weighted by Crippen LogP contribution is 2.29. The highest BCUT2D eigenvalue weighted by atomic mass is 16.4. The van der Waals surface area contributed by atoms with Crippen LogP contribution in [0.2, 0.25) is 0 Å². The van der Waals surface area contributed by atoms with Crippen LogP contribution in [0.15, 0.2) is 51.5 Å². The molecule has 5 rings (SSSR count). The minimum absolute atomic E-state index is 0.103. The van der Waals surface area contributed by atoms with E-state index >= 15 is 0 Å². The number of hydrogen-bond donors (Lipinski definition) is 0. The monoisotopic (exact) mass is 431 g/mol. The van der Waals surface area contributed by atoms with Crippen molar-refractivity contribution in [3.05, 3.63) is 71.1 Å². The summed E-state index contributed by atoms with van der Waals surface area (Å²) in [6.45, 7) is 4.90. The summed E-state index contributed by atoms with van der Waals surface area (Å²) in [6, 6.07) is 11.7. The maximum Gasteiger partial charge on any atom is 0.283 e. The lowest BCUT2D eigenvalue weighted by molar-refractivity contribution is 0.0721. The Balaban J connectivity index is 1.44. The van der Waals surface area contributed by atoms with Crippen molar-refractivity contribution in [2.24, 2.45) is 0 Å². The van der Waals surface area contributed by atoms with Gasteiger partial charge in [-0.15, -0.1) is 10.2 Å². The van der Waals surface area contributed by atoms with Crippen LogP contribution >= 0.6 is 0 Å². The second-order valence-corrected chi connectivity index (χ2v) is 8.08. The number of amides is 1. The molecular weight excluding hydrogens is 406 g/mol. The van der Waals surface area contributed by atoms with Crippen LogP contribution in [0.5, 0.6) is 0 Å². The van der Waals surface area contributed by atoms with Crippen molar-refractivity contribution in [1.82, 2.24) is 24.9 Å². The van der Waals surface area contributed by atoms with E-state index in [1.807, 2.05) is 23.7 Å². The molecule has 0 aliphatic heterocycles. The fourth-order valence-corrected chi connectivity index (χ4v) is 4.16. The predicted octanol–water partition coefficient (Wildman–Crippen LogP) is 4.36. The Kier molecular flexibility index (Phi) is 5.34. The molecule has 0 bridgehead atoms. The van der Waals surface area contributed by atoms with Crippen LogP contribution in [0, 0.1) is 6.92 Å². The zero-order chi connectivity index (χ0) is 22.1. The predicted molar refractivity (Wildman–Crippen MR) is 117 cm³/mol. The van der Waals surface area contributed by atoms with Crippen molar-refractivity contribution in [2.45, 2.75) is 46.1 Å². The average Bonchev–Trinajstić information content (AvgIpc) is 3.58. The lowest BCUT2D eigenvalue weighted by Gasteiger charge is -2.19. The summed E-state index contributed by atoms with van der Waals surface area (Å²) in [5.74, 6) is 1.08. The normalized spacial score (nSPS) is 12.8. The topological polar surface area (TPSA) is 90.2 Å². The van der Waals surface area contributed by atoms with Gasteiger partial charge in [-0.2, -0.15) is 5.10 Å². The number of hydrogen-bond acceptors (Lipinski definition) is 6. The van der Waals surface area contributed by atoms with Crippen molar-refractivity contribution in [1.29, 1.82) is 0 Å². The SMILES string of the molecule is CCCN(Cc1nnc(-c2ccco2)o1)C(=O)c1nn(-c2ccc(C)cc2)c2c1CCC2. The number of carbonyl (C=O) groups is 1. The van der Waals surface area contributed by atoms with Crippen LogP contribution in [-0.4, -0.2) is 37.3 Å². The molecule has 0 saturated carbocycles. The van der Waals surface area contributed by atoms with Gasteiger partial charge in [-0.05, 0) is 56.9 Å². The van der Waals surface area contributed by atoms with Crippen molar-refractivity contribution in [3.63, 3.8) is 0 Å². The van der Waals surface area contributed by atoms with Gasteiger partial charge in [-0.25, -0.2) is 4.68 Å². The van der Waals surface area contributed by atoms with Gasteiger partial charge in [0, 0.05) is 17.8 Å². The number of furan rings is 1. The largest absolute Gasteiger partial charge is 0.459 e. The number of aromatic nitrogens is 4. The van der Waals surface area contributed by atoms with Crippen LogP contribution in [0.25, 0.3) is 17.3 Å². The molecule has 0 unspecified atom stereocenters. The van der Waals surface area contributed by atoms with E-state index in [4.69, 9.17) is 13.9 Å². The molecule has 1 aromatic carbocycles. The summed E-state index contributed by atoms with van der Waals surface area (Å²) >= 11 is 0. The van der Waals surface area contributed by atoms with E-state index in [0.717, 1.165) is 42.6 Å². The van der Waals surface area contributed by atoms with Gasteiger partial charge < -0.3 is 13.7 Å². The quantitative estimate of drug-likeness (QED) is 0.432. The minimum atomic E-state index is -0.103. The minimum Gasteiger partial charge on any atom is -0.459 e. The first-order chi connectivity index (χ1) is 15.6. The van der Waals surface area contributed by atoms with Crippen molar-refractivity contribution >= 4 is 5.91 Å². The van der Waals surface area contributed by atoms with Gasteiger partial charge in [0.2, 0.25) is 5.89 Å². The molecule has 3 aromatic heterocycles. The molecule has 0 fully saturated rings. The van der Waals surface area contributed by atoms with E-state index in [-0.39, 0.29) is 12.5 Å². The van der Waals surface area contributed by atoms with E-state index in [1.165, 1.54) is 5.56 Å². The maximum atomic E-state index is 13.6. The van der Waals surface area contributed by atoms with Gasteiger partial charge in [0.15, 0.2) is 11.5 Å². The first-order valence-electron chi connectivity index (χ1n) is 11.0. The third-order valence-electron chi connectivity index (χ3n) is 5.72. The summed E-state index contributed by atoms with van der Waals surface area (Å²) < 4.78 is 13.0. The first-order valence-corrected chi connectivity index (χ1v) is 11.0. The van der Waals surface area contributed by atoms with Gasteiger partial charge in [0.25, 0.3) is 11.8 Å². The highest BCUT2D eigenvalue weighted by Gasteiger charge is 2.30. The Morgan fingerprint density at radius 2 is 2.00 bits per heavy atom. The van der Waals surface area contributed by atoms with Crippen molar-refractivity contribution in [2.75, 3.05) is 6.54 Å². The summed E-state index contributed by atoms with van der Waals surface area (Å²) in [4.78, 5) is 15.3. The number of fused-ring (bicyclic) bond motifs is 1. The van der Waals surface area contributed by atoms with E-state index in [9.17, 15) is 4.79 Å². The van der Waals surface area contributed by atoms with Gasteiger partial charge in [-0.1, -0.05) is 24.6 Å². The van der Waals surface area contributed by atoms with E-state index in [1.54, 1.807) is 23.3 Å². The second kappa shape index (κ2) is 8.45. The number of rotatable bonds is 7. The molecule has 3 heterocycles. The molecule has 0 radical (unpaired) electrons. The van der Waals surface area contributed by atoms with E-state index < -0.39 is 0 Å². The zero-order valence-corrected chi connectivity index (χ0v) is 18.2. The molecule has 32 heavy (non-hydrogen) atoms. The van der Waals surface area contributed by atoms with Crippen molar-refractivity contribution < 1.29 is 13.6 Å². The summed E-state index contributed by atoms with van der Waals surface area (Å²) in [7, 11) is 0. The standard InChI is InChI=1S/C24H25N5O3/c1-3-13-28(15-21-25-26-23(32-21)20-8-5-14-31-20)24(30)22-18-6-4-7-19(18)29(27-22)17-11-9-16(2)10-12-17/h5,8-12,14H,3-4,6-7,13,15H2,1-2H3. The molecule has 8 nitrogen and oxygen atoms in total. The smallest absolute Gasteiger partial charge is 0.283 e. The third-order valence-corrected chi connectivity index (χ3v) is 5.72. The molecular formula is C24H25N5O3. The number of aryl methyl sites for hydroxylation is 1. The Morgan fingerprint density at radius 3 is 2.75 bits per heavy atom. The number of benzene rings is 1. The first kappa shape index (κ1) is 20.2. The second-order valence-electron chi connectivity index (χ2n) is 8.08. The zero-order valence-electron chi connectivity index (χ0n) is 18.2. The fourth-order valence-electron chi connectivity index (χ4n) is 4.16. The maximum absolute atomic E-state index is 13.6. The van der Waals surface area contributed by atoms with Crippen LogP contribution < -0.4 is 0 Å². The lowest BCUT2D eigenvalue weighted by Crippen LogP contribution is -2.32. The van der Waals surface area contributed by atoms with Crippen LogP contribution in [0.3, 0.4) is 0 Å². The van der Waals surface area contributed by atoms with Crippen LogP contribution in [0.4, 0.5) is 0 Å². The molecule has 0 saturated heterocycles. The van der Waals surface area contributed by atoms with Gasteiger partial charge >= 0.3 is 0 Å². The van der Waals surface area contributed by atoms with Gasteiger partial charge in [0.05, 0.1) is 18.5 Å². The Labute approximate surface area is 185 Å². The van der Waals surface area contributed by atoms with Gasteiger partial charge in [-0.3, -0.25) is 4.79 Å². The Bertz CT molecular complexity index is 1220.